The summed E-state index contributed by atoms with van der Waals surface area (Å²) in [6, 6.07) is 15.3. The molecule has 27 heavy (non-hydrogen) atoms. The average molecular weight is 383 g/mol. The van der Waals surface area contributed by atoms with Crippen LogP contribution in [-0.2, 0) is 13.5 Å². The van der Waals surface area contributed by atoms with E-state index in [-0.39, 0.29) is 11.5 Å². The van der Waals surface area contributed by atoms with Gasteiger partial charge in [-0.15, -0.1) is 10.2 Å². The Hall–Kier alpha value is -2.80. The van der Waals surface area contributed by atoms with Crippen LogP contribution in [0, 0.1) is 0 Å². The van der Waals surface area contributed by atoms with Crippen LogP contribution in [0.15, 0.2) is 53.7 Å². The first kappa shape index (κ1) is 19.0. The molecule has 0 spiro atoms. The van der Waals surface area contributed by atoms with Crippen molar-refractivity contribution in [2.45, 2.75) is 11.6 Å². The van der Waals surface area contributed by atoms with E-state index in [1.54, 1.807) is 32.4 Å². The van der Waals surface area contributed by atoms with Crippen molar-refractivity contribution in [2.24, 2.45) is 7.05 Å². The molecule has 1 aromatic heterocycles. The molecule has 6 nitrogen and oxygen atoms in total. The zero-order chi connectivity index (χ0) is 19.2. The van der Waals surface area contributed by atoms with Gasteiger partial charge in [-0.3, -0.25) is 4.79 Å². The first-order valence-electron chi connectivity index (χ1n) is 8.42. The van der Waals surface area contributed by atoms with E-state index >= 15 is 0 Å². The fraction of sp³-hybridized carbons (Fsp3) is 0.250. The molecule has 0 bridgehead atoms. The van der Waals surface area contributed by atoms with Gasteiger partial charge in [0, 0.05) is 13.5 Å². The lowest BCUT2D eigenvalue weighted by molar-refractivity contribution is 0.101. The zero-order valence-corrected chi connectivity index (χ0v) is 16.3. The van der Waals surface area contributed by atoms with Crippen LogP contribution in [0.2, 0.25) is 0 Å². The molecule has 0 saturated carbocycles. The van der Waals surface area contributed by atoms with Crippen molar-refractivity contribution in [3.63, 3.8) is 0 Å². The molecule has 0 radical (unpaired) electrons. The maximum absolute atomic E-state index is 12.7. The minimum absolute atomic E-state index is 0.0524. The van der Waals surface area contributed by atoms with Gasteiger partial charge in [0.15, 0.2) is 10.9 Å². The highest BCUT2D eigenvalue weighted by Gasteiger charge is 2.16. The zero-order valence-electron chi connectivity index (χ0n) is 15.5. The number of ether oxygens (including phenoxy) is 2. The Morgan fingerprint density at radius 3 is 2.56 bits per heavy atom. The molecule has 3 rings (SSSR count). The van der Waals surface area contributed by atoms with E-state index in [2.05, 4.69) is 22.3 Å². The topological polar surface area (TPSA) is 66.2 Å². The maximum Gasteiger partial charge on any atom is 0.191 e. The van der Waals surface area contributed by atoms with Crippen LogP contribution >= 0.6 is 11.8 Å². The van der Waals surface area contributed by atoms with E-state index in [0.717, 1.165) is 5.82 Å². The second-order valence-electron chi connectivity index (χ2n) is 5.90. The number of hydrogen-bond acceptors (Lipinski definition) is 6. The van der Waals surface area contributed by atoms with Crippen LogP contribution in [0.4, 0.5) is 0 Å². The number of nitrogens with zero attached hydrogens (tertiary/aromatic N) is 3. The molecule has 1 heterocycles. The van der Waals surface area contributed by atoms with Gasteiger partial charge in [0.2, 0.25) is 0 Å². The molecule has 0 fully saturated rings. The Balaban J connectivity index is 1.69. The van der Waals surface area contributed by atoms with Crippen LogP contribution in [0.1, 0.15) is 21.7 Å². The summed E-state index contributed by atoms with van der Waals surface area (Å²) in [5.41, 5.74) is 1.66. The van der Waals surface area contributed by atoms with E-state index < -0.39 is 0 Å². The predicted molar refractivity (Wildman–Crippen MR) is 105 cm³/mol. The van der Waals surface area contributed by atoms with Gasteiger partial charge in [-0.2, -0.15) is 0 Å². The molecule has 0 atom stereocenters. The highest BCUT2D eigenvalue weighted by Crippen LogP contribution is 2.26. The Kier molecular flexibility index (Phi) is 6.13. The molecule has 0 amide bonds. The molecule has 3 aromatic rings. The number of methoxy groups -OCH3 is 2. The smallest absolute Gasteiger partial charge is 0.191 e. The number of aromatic nitrogens is 3. The van der Waals surface area contributed by atoms with Gasteiger partial charge in [0.25, 0.3) is 0 Å². The minimum atomic E-state index is -0.0524. The molecular weight excluding hydrogens is 362 g/mol. The highest BCUT2D eigenvalue weighted by molar-refractivity contribution is 7.99. The number of benzene rings is 2. The quantitative estimate of drug-likeness (QED) is 0.439. The summed E-state index contributed by atoms with van der Waals surface area (Å²) < 4.78 is 12.4. The number of hydrogen-bond donors (Lipinski definition) is 0. The fourth-order valence-corrected chi connectivity index (χ4v) is 3.46. The van der Waals surface area contributed by atoms with Crippen LogP contribution in [0.25, 0.3) is 0 Å². The Labute approximate surface area is 162 Å². The largest absolute Gasteiger partial charge is 0.497 e. The SMILES string of the molecule is COc1ccc(OC)c(C(=O)CSc2nnc(Cc3ccccc3)n2C)c1. The van der Waals surface area contributed by atoms with E-state index in [1.807, 2.05) is 29.8 Å². The Bertz CT molecular complexity index is 925. The predicted octanol–water partition coefficient (Wildman–Crippen LogP) is 3.40. The summed E-state index contributed by atoms with van der Waals surface area (Å²) in [4.78, 5) is 12.7. The molecule has 0 N–H and O–H groups in total. The number of ketones is 1. The third-order valence-corrected chi connectivity index (χ3v) is 5.19. The van der Waals surface area contributed by atoms with E-state index in [9.17, 15) is 4.79 Å². The molecular formula is C20H21N3O3S. The molecule has 0 saturated heterocycles. The lowest BCUT2D eigenvalue weighted by Gasteiger charge is -2.09. The van der Waals surface area contributed by atoms with Crippen LogP contribution < -0.4 is 9.47 Å². The standard InChI is InChI=1S/C20H21N3O3S/c1-23-19(11-14-7-5-4-6-8-14)21-22-20(23)27-13-17(24)16-12-15(25-2)9-10-18(16)26-3/h4-10,12H,11,13H2,1-3H3. The number of carbonyl (C=O) groups excluding carboxylic acids is 1. The first-order chi connectivity index (χ1) is 13.1. The van der Waals surface area contributed by atoms with Gasteiger partial charge in [0.1, 0.15) is 17.3 Å². The number of carbonyl (C=O) groups is 1. The van der Waals surface area contributed by atoms with Gasteiger partial charge in [-0.05, 0) is 23.8 Å². The van der Waals surface area contributed by atoms with Crippen LogP contribution in [0.3, 0.4) is 0 Å². The summed E-state index contributed by atoms with van der Waals surface area (Å²) in [6.45, 7) is 0. The summed E-state index contributed by atoms with van der Waals surface area (Å²) in [6.07, 6.45) is 0.697. The van der Waals surface area contributed by atoms with Crippen molar-refractivity contribution in [3.05, 3.63) is 65.5 Å². The minimum Gasteiger partial charge on any atom is -0.497 e. The fourth-order valence-electron chi connectivity index (χ4n) is 2.64. The third kappa shape index (κ3) is 4.49. The highest BCUT2D eigenvalue weighted by atomic mass is 32.2. The number of rotatable bonds is 8. The van der Waals surface area contributed by atoms with Crippen molar-refractivity contribution >= 4 is 17.5 Å². The van der Waals surface area contributed by atoms with E-state index in [0.29, 0.717) is 28.6 Å². The second kappa shape index (κ2) is 8.73. The number of thioether (sulfide) groups is 1. The Morgan fingerprint density at radius 2 is 1.85 bits per heavy atom. The number of Topliss-reactive ketones (excluding diaryl/α,β-unsaturated/α-hetero) is 1. The van der Waals surface area contributed by atoms with Gasteiger partial charge in [-0.1, -0.05) is 42.1 Å². The molecule has 140 valence electrons. The molecule has 7 heteroatoms. The molecule has 0 aliphatic heterocycles. The van der Waals surface area contributed by atoms with Gasteiger partial charge in [0.05, 0.1) is 25.5 Å². The van der Waals surface area contributed by atoms with Crippen molar-refractivity contribution < 1.29 is 14.3 Å². The maximum atomic E-state index is 12.7. The summed E-state index contributed by atoms with van der Waals surface area (Å²) in [5.74, 6) is 2.19. The molecule has 0 unspecified atom stereocenters. The van der Waals surface area contributed by atoms with Crippen molar-refractivity contribution in [3.8, 4) is 11.5 Å². The summed E-state index contributed by atoms with van der Waals surface area (Å²) in [7, 11) is 5.03. The van der Waals surface area contributed by atoms with Crippen molar-refractivity contribution in [2.75, 3.05) is 20.0 Å². The van der Waals surface area contributed by atoms with Gasteiger partial charge in [-0.25, -0.2) is 0 Å². The molecule has 0 aliphatic carbocycles. The van der Waals surface area contributed by atoms with Gasteiger partial charge < -0.3 is 14.0 Å². The monoisotopic (exact) mass is 383 g/mol. The van der Waals surface area contributed by atoms with Gasteiger partial charge >= 0.3 is 0 Å². The van der Waals surface area contributed by atoms with Crippen LogP contribution in [0.5, 0.6) is 11.5 Å². The lowest BCUT2D eigenvalue weighted by atomic mass is 10.1. The van der Waals surface area contributed by atoms with E-state index in [4.69, 9.17) is 9.47 Å². The molecule has 0 aliphatic rings. The second-order valence-corrected chi connectivity index (χ2v) is 6.84. The Morgan fingerprint density at radius 1 is 1.07 bits per heavy atom. The average Bonchev–Trinajstić information content (AvgIpc) is 3.05. The molecule has 2 aromatic carbocycles. The normalized spacial score (nSPS) is 10.6. The lowest BCUT2D eigenvalue weighted by Crippen LogP contribution is -2.07. The third-order valence-electron chi connectivity index (χ3n) is 4.17. The van der Waals surface area contributed by atoms with E-state index in [1.165, 1.54) is 17.3 Å². The summed E-state index contributed by atoms with van der Waals surface area (Å²) >= 11 is 1.36. The van der Waals surface area contributed by atoms with Crippen molar-refractivity contribution in [1.82, 2.24) is 14.8 Å². The first-order valence-corrected chi connectivity index (χ1v) is 9.41. The van der Waals surface area contributed by atoms with Crippen LogP contribution in [-0.4, -0.2) is 40.5 Å². The van der Waals surface area contributed by atoms with Crippen molar-refractivity contribution in [1.29, 1.82) is 0 Å². The summed E-state index contributed by atoms with van der Waals surface area (Å²) in [5, 5.41) is 9.19.